The summed E-state index contributed by atoms with van der Waals surface area (Å²) in [5.74, 6) is 1.03. The second-order valence-corrected chi connectivity index (χ2v) is 5.85. The third kappa shape index (κ3) is 3.07. The summed E-state index contributed by atoms with van der Waals surface area (Å²) < 4.78 is 11.8. The van der Waals surface area contributed by atoms with Crippen molar-refractivity contribution in [2.45, 2.75) is 38.5 Å². The van der Waals surface area contributed by atoms with Crippen LogP contribution in [0.2, 0.25) is 0 Å². The van der Waals surface area contributed by atoms with Crippen LogP contribution >= 0.6 is 0 Å². The van der Waals surface area contributed by atoms with Crippen LogP contribution in [-0.2, 0) is 4.74 Å². The van der Waals surface area contributed by atoms with Gasteiger partial charge in [-0.05, 0) is 19.0 Å². The molecule has 4 heteroatoms. The van der Waals surface area contributed by atoms with Crippen LogP contribution in [0.25, 0.3) is 0 Å². The van der Waals surface area contributed by atoms with Gasteiger partial charge in [0, 0.05) is 18.7 Å². The fourth-order valence-electron chi connectivity index (χ4n) is 3.42. The fraction of sp³-hybridized carbons (Fsp3) is 0.647. The Balaban J connectivity index is 1.81. The standard InChI is InChI=1S/C17H26N2O2/c1-3-13-11-19(9-10-20-13)15-12-21-16-8-6-5-7-14(16)17(15)18-4-2/h5-8,13,15,17-18H,3-4,9-12H2,1-2H3. The quantitative estimate of drug-likeness (QED) is 0.922. The van der Waals surface area contributed by atoms with E-state index in [1.165, 1.54) is 5.56 Å². The molecule has 3 unspecified atom stereocenters. The van der Waals surface area contributed by atoms with Crippen LogP contribution in [0.5, 0.6) is 5.75 Å². The van der Waals surface area contributed by atoms with Gasteiger partial charge in [0.05, 0.1) is 24.8 Å². The van der Waals surface area contributed by atoms with Gasteiger partial charge in [-0.3, -0.25) is 4.90 Å². The van der Waals surface area contributed by atoms with Gasteiger partial charge in [0.15, 0.2) is 0 Å². The molecule has 21 heavy (non-hydrogen) atoms. The minimum absolute atomic E-state index is 0.343. The van der Waals surface area contributed by atoms with E-state index in [1.54, 1.807) is 0 Å². The molecule has 1 N–H and O–H groups in total. The first-order valence-electron chi connectivity index (χ1n) is 8.14. The van der Waals surface area contributed by atoms with Crippen LogP contribution in [0.3, 0.4) is 0 Å². The van der Waals surface area contributed by atoms with E-state index in [9.17, 15) is 0 Å². The molecule has 116 valence electrons. The van der Waals surface area contributed by atoms with Crippen molar-refractivity contribution in [1.29, 1.82) is 0 Å². The number of benzene rings is 1. The zero-order valence-corrected chi connectivity index (χ0v) is 13.0. The van der Waals surface area contributed by atoms with E-state index in [0.29, 0.717) is 18.2 Å². The molecule has 1 aromatic rings. The second kappa shape index (κ2) is 6.77. The molecule has 2 aliphatic rings. The van der Waals surface area contributed by atoms with Crippen LogP contribution in [0.1, 0.15) is 31.9 Å². The molecule has 0 aromatic heterocycles. The molecule has 1 fully saturated rings. The number of morpholine rings is 1. The van der Waals surface area contributed by atoms with Gasteiger partial charge in [0.25, 0.3) is 0 Å². The van der Waals surface area contributed by atoms with Gasteiger partial charge in [-0.2, -0.15) is 0 Å². The third-order valence-corrected chi connectivity index (χ3v) is 4.57. The third-order valence-electron chi connectivity index (χ3n) is 4.57. The van der Waals surface area contributed by atoms with E-state index in [4.69, 9.17) is 9.47 Å². The number of fused-ring (bicyclic) bond motifs is 1. The molecule has 3 atom stereocenters. The molecular weight excluding hydrogens is 264 g/mol. The number of hydrogen-bond donors (Lipinski definition) is 1. The molecule has 2 aliphatic heterocycles. The highest BCUT2D eigenvalue weighted by Gasteiger charge is 2.36. The van der Waals surface area contributed by atoms with Gasteiger partial charge in [-0.15, -0.1) is 0 Å². The van der Waals surface area contributed by atoms with Crippen LogP contribution in [0.4, 0.5) is 0 Å². The summed E-state index contributed by atoms with van der Waals surface area (Å²) in [6.07, 6.45) is 1.44. The maximum Gasteiger partial charge on any atom is 0.124 e. The van der Waals surface area contributed by atoms with Gasteiger partial charge < -0.3 is 14.8 Å². The van der Waals surface area contributed by atoms with Gasteiger partial charge in [-0.1, -0.05) is 32.0 Å². The molecule has 0 bridgehead atoms. The lowest BCUT2D eigenvalue weighted by Crippen LogP contribution is -2.55. The van der Waals surface area contributed by atoms with E-state index in [2.05, 4.69) is 42.3 Å². The average Bonchev–Trinajstić information content (AvgIpc) is 2.55. The molecule has 0 amide bonds. The van der Waals surface area contributed by atoms with E-state index >= 15 is 0 Å². The number of rotatable bonds is 4. The molecular formula is C17H26N2O2. The Morgan fingerprint density at radius 2 is 2.14 bits per heavy atom. The summed E-state index contributed by atoms with van der Waals surface area (Å²) >= 11 is 0. The molecule has 3 rings (SSSR count). The molecule has 0 saturated carbocycles. The SMILES string of the molecule is CCNC1c2ccccc2OCC1N1CCOC(CC)C1. The van der Waals surface area contributed by atoms with Crippen LogP contribution in [-0.4, -0.2) is 49.9 Å². The molecule has 1 saturated heterocycles. The summed E-state index contributed by atoms with van der Waals surface area (Å²) in [4.78, 5) is 2.54. The van der Waals surface area contributed by atoms with Crippen molar-refractivity contribution < 1.29 is 9.47 Å². The highest BCUT2D eigenvalue weighted by Crippen LogP contribution is 2.34. The Bertz CT molecular complexity index is 466. The Labute approximate surface area is 127 Å². The van der Waals surface area contributed by atoms with Gasteiger partial charge in [0.1, 0.15) is 12.4 Å². The summed E-state index contributed by atoms with van der Waals surface area (Å²) in [6.45, 7) is 8.92. The number of para-hydroxylation sites is 1. The van der Waals surface area contributed by atoms with Crippen molar-refractivity contribution in [2.24, 2.45) is 0 Å². The van der Waals surface area contributed by atoms with E-state index < -0.39 is 0 Å². The Hall–Kier alpha value is -1.10. The summed E-state index contributed by atoms with van der Waals surface area (Å²) in [5, 5.41) is 3.66. The first-order chi connectivity index (χ1) is 10.3. The lowest BCUT2D eigenvalue weighted by Gasteiger charge is -2.44. The smallest absolute Gasteiger partial charge is 0.124 e. The lowest BCUT2D eigenvalue weighted by atomic mass is 9.94. The monoisotopic (exact) mass is 290 g/mol. The molecule has 0 spiro atoms. The summed E-state index contributed by atoms with van der Waals surface area (Å²) in [6, 6.07) is 9.14. The Morgan fingerprint density at radius 3 is 2.95 bits per heavy atom. The minimum Gasteiger partial charge on any atom is -0.492 e. The van der Waals surface area contributed by atoms with Crippen molar-refractivity contribution in [2.75, 3.05) is 32.8 Å². The maximum absolute atomic E-state index is 6.01. The average molecular weight is 290 g/mol. The van der Waals surface area contributed by atoms with Crippen molar-refractivity contribution in [3.63, 3.8) is 0 Å². The highest BCUT2D eigenvalue weighted by atomic mass is 16.5. The van der Waals surface area contributed by atoms with Gasteiger partial charge in [0.2, 0.25) is 0 Å². The number of likely N-dealkylation sites (N-methyl/N-ethyl adjacent to an activating group) is 1. The fourth-order valence-corrected chi connectivity index (χ4v) is 3.42. The number of nitrogens with zero attached hydrogens (tertiary/aromatic N) is 1. The number of hydrogen-bond acceptors (Lipinski definition) is 4. The van der Waals surface area contributed by atoms with Crippen LogP contribution < -0.4 is 10.1 Å². The lowest BCUT2D eigenvalue weighted by molar-refractivity contribution is -0.0591. The summed E-state index contributed by atoms with van der Waals surface area (Å²) in [7, 11) is 0. The predicted molar refractivity (Wildman–Crippen MR) is 83.7 cm³/mol. The minimum atomic E-state index is 0.343. The van der Waals surface area contributed by atoms with E-state index in [1.807, 2.05) is 6.07 Å². The molecule has 1 aromatic carbocycles. The van der Waals surface area contributed by atoms with E-state index in [-0.39, 0.29) is 0 Å². The predicted octanol–water partition coefficient (Wildman–Crippen LogP) is 2.21. The maximum atomic E-state index is 6.01. The second-order valence-electron chi connectivity index (χ2n) is 5.85. The Kier molecular flexibility index (Phi) is 4.78. The molecule has 0 radical (unpaired) electrons. The van der Waals surface area contributed by atoms with Crippen LogP contribution in [0.15, 0.2) is 24.3 Å². The topological polar surface area (TPSA) is 33.7 Å². The van der Waals surface area contributed by atoms with Gasteiger partial charge >= 0.3 is 0 Å². The van der Waals surface area contributed by atoms with Crippen molar-refractivity contribution in [3.8, 4) is 5.75 Å². The number of ether oxygens (including phenoxy) is 2. The Morgan fingerprint density at radius 1 is 1.29 bits per heavy atom. The number of nitrogens with one attached hydrogen (secondary N) is 1. The van der Waals surface area contributed by atoms with Gasteiger partial charge in [-0.25, -0.2) is 0 Å². The normalized spacial score (nSPS) is 29.7. The van der Waals surface area contributed by atoms with Crippen molar-refractivity contribution in [3.05, 3.63) is 29.8 Å². The zero-order valence-electron chi connectivity index (χ0n) is 13.0. The van der Waals surface area contributed by atoms with Crippen molar-refractivity contribution in [1.82, 2.24) is 10.2 Å². The van der Waals surface area contributed by atoms with Crippen molar-refractivity contribution >= 4 is 0 Å². The first kappa shape index (κ1) is 14.8. The molecule has 0 aliphatic carbocycles. The first-order valence-corrected chi connectivity index (χ1v) is 8.14. The largest absolute Gasteiger partial charge is 0.492 e. The van der Waals surface area contributed by atoms with Crippen LogP contribution in [0, 0.1) is 0 Å². The molecule has 4 nitrogen and oxygen atoms in total. The molecule has 2 heterocycles. The highest BCUT2D eigenvalue weighted by molar-refractivity contribution is 5.38. The van der Waals surface area contributed by atoms with E-state index in [0.717, 1.165) is 45.0 Å². The summed E-state index contributed by atoms with van der Waals surface area (Å²) in [5.41, 5.74) is 1.29. The zero-order chi connectivity index (χ0) is 14.7.